The van der Waals surface area contributed by atoms with Crippen LogP contribution in [0.25, 0.3) is 0 Å². The first kappa shape index (κ1) is 11.7. The van der Waals surface area contributed by atoms with Crippen molar-refractivity contribution in [2.24, 2.45) is 0 Å². The van der Waals surface area contributed by atoms with Crippen LogP contribution in [0.4, 0.5) is 19.0 Å². The van der Waals surface area contributed by atoms with Crippen LogP contribution in [-0.4, -0.2) is 9.91 Å². The minimum absolute atomic E-state index is 0.559. The zero-order valence-electron chi connectivity index (χ0n) is 7.08. The summed E-state index contributed by atoms with van der Waals surface area (Å²) in [5.41, 5.74) is -1.32. The molecule has 0 aromatic carbocycles. The molecule has 4 nitrogen and oxygen atoms in total. The Hall–Kier alpha value is -1.37. The number of pyridine rings is 1. The molecule has 0 unspecified atom stereocenters. The summed E-state index contributed by atoms with van der Waals surface area (Å²) in [6.07, 6.45) is -2.41. The number of nitrogens with zero attached hydrogens (tertiary/aromatic N) is 2. The van der Waals surface area contributed by atoms with Gasteiger partial charge < -0.3 is 10.1 Å². The highest BCUT2D eigenvalue weighted by molar-refractivity contribution is 6.17. The first-order valence-electron chi connectivity index (χ1n) is 3.64. The van der Waals surface area contributed by atoms with Crippen molar-refractivity contribution in [1.29, 1.82) is 0 Å². The highest BCUT2D eigenvalue weighted by Gasteiger charge is 2.26. The van der Waals surface area contributed by atoms with Gasteiger partial charge in [-0.25, -0.2) is 8.78 Å². The summed E-state index contributed by atoms with van der Waals surface area (Å²) in [7, 11) is 0. The number of aromatic nitrogens is 1. The Morgan fingerprint density at radius 2 is 2.20 bits per heavy atom. The Morgan fingerprint density at radius 1 is 1.60 bits per heavy atom. The van der Waals surface area contributed by atoms with E-state index in [0.29, 0.717) is 6.20 Å². The maximum absolute atomic E-state index is 13.2. The second-order valence-corrected chi connectivity index (χ2v) is 2.79. The number of rotatable bonds is 3. The summed E-state index contributed by atoms with van der Waals surface area (Å²) in [6, 6.07) is 0. The fourth-order valence-corrected chi connectivity index (χ4v) is 1.25. The molecule has 0 radical (unpaired) electrons. The fraction of sp³-hybridized carbons (Fsp3) is 0.286. The zero-order chi connectivity index (χ0) is 11.6. The van der Waals surface area contributed by atoms with E-state index in [9.17, 15) is 23.3 Å². The molecule has 0 aliphatic rings. The molecule has 1 rings (SSSR count). The van der Waals surface area contributed by atoms with Gasteiger partial charge in [-0.3, -0.25) is 0 Å². The van der Waals surface area contributed by atoms with Gasteiger partial charge in [-0.1, -0.05) is 0 Å². The van der Waals surface area contributed by atoms with E-state index in [2.05, 4.69) is 4.98 Å². The maximum atomic E-state index is 13.2. The quantitative estimate of drug-likeness (QED) is 0.464. The Bertz CT molecular complexity index is 400. The molecule has 1 aromatic rings. The highest BCUT2D eigenvalue weighted by Crippen LogP contribution is 2.29. The van der Waals surface area contributed by atoms with Crippen molar-refractivity contribution in [2.75, 3.05) is 0 Å². The predicted molar refractivity (Wildman–Crippen MR) is 45.4 cm³/mol. The first-order valence-corrected chi connectivity index (χ1v) is 4.18. The Morgan fingerprint density at radius 3 is 2.60 bits per heavy atom. The third-order valence-corrected chi connectivity index (χ3v) is 1.94. The van der Waals surface area contributed by atoms with Gasteiger partial charge in [-0.2, -0.15) is 4.39 Å². The van der Waals surface area contributed by atoms with Crippen LogP contribution >= 0.6 is 11.6 Å². The molecule has 1 heterocycles. The monoisotopic (exact) mass is 240 g/mol. The summed E-state index contributed by atoms with van der Waals surface area (Å²) in [5.74, 6) is -3.09. The van der Waals surface area contributed by atoms with Crippen LogP contribution in [0.1, 0.15) is 17.6 Å². The van der Waals surface area contributed by atoms with Crippen molar-refractivity contribution in [3.8, 4) is 0 Å². The van der Waals surface area contributed by atoms with Crippen molar-refractivity contribution in [3.05, 3.63) is 33.3 Å². The lowest BCUT2D eigenvalue weighted by atomic mass is 10.1. The van der Waals surface area contributed by atoms with Crippen molar-refractivity contribution >= 4 is 17.4 Å². The van der Waals surface area contributed by atoms with E-state index in [4.69, 9.17) is 11.6 Å². The third-order valence-electron chi connectivity index (χ3n) is 1.68. The second kappa shape index (κ2) is 4.43. The summed E-state index contributed by atoms with van der Waals surface area (Å²) < 4.78 is 37.8. The average molecular weight is 241 g/mol. The van der Waals surface area contributed by atoms with Crippen LogP contribution in [0.5, 0.6) is 0 Å². The second-order valence-electron chi connectivity index (χ2n) is 2.52. The number of hydrogen-bond acceptors (Lipinski definition) is 3. The molecule has 0 amide bonds. The average Bonchev–Trinajstić information content (AvgIpc) is 2.16. The van der Waals surface area contributed by atoms with Gasteiger partial charge in [-0.05, 0) is 9.91 Å². The molecule has 0 aliphatic heterocycles. The molecule has 0 fully saturated rings. The van der Waals surface area contributed by atoms with E-state index < -0.39 is 40.0 Å². The standard InChI is InChI=1S/C7H4ClF3N2O2/c8-1-3-4(6(10)11)2-12-7(5(3)9)13(14)15/h2,6H,1H2. The molecular formula is C7H4ClF3N2O2. The smallest absolute Gasteiger partial charge is 0.358 e. The van der Waals surface area contributed by atoms with Crippen LogP contribution in [0.15, 0.2) is 6.20 Å². The number of hydrogen-bond donors (Lipinski definition) is 0. The van der Waals surface area contributed by atoms with Gasteiger partial charge in [0, 0.05) is 5.56 Å². The lowest BCUT2D eigenvalue weighted by Gasteiger charge is -2.04. The van der Waals surface area contributed by atoms with Gasteiger partial charge in [0.1, 0.15) is 6.20 Å². The first-order chi connectivity index (χ1) is 6.99. The predicted octanol–water partition coefficient (Wildman–Crippen LogP) is 2.81. The van der Waals surface area contributed by atoms with E-state index in [-0.39, 0.29) is 0 Å². The molecule has 0 atom stereocenters. The van der Waals surface area contributed by atoms with E-state index >= 15 is 0 Å². The van der Waals surface area contributed by atoms with E-state index in [1.54, 1.807) is 0 Å². The van der Waals surface area contributed by atoms with Crippen molar-refractivity contribution < 1.29 is 18.1 Å². The van der Waals surface area contributed by atoms with Crippen LogP contribution in [0.2, 0.25) is 0 Å². The van der Waals surface area contributed by atoms with Gasteiger partial charge >= 0.3 is 5.82 Å². The Balaban J connectivity index is 3.39. The molecule has 0 saturated carbocycles. The molecule has 1 aromatic heterocycles. The highest BCUT2D eigenvalue weighted by atomic mass is 35.5. The Kier molecular flexibility index (Phi) is 3.46. The van der Waals surface area contributed by atoms with Crippen LogP contribution in [0.3, 0.4) is 0 Å². The molecule has 0 spiro atoms. The van der Waals surface area contributed by atoms with Gasteiger partial charge in [0.15, 0.2) is 0 Å². The van der Waals surface area contributed by atoms with E-state index in [1.807, 2.05) is 0 Å². The van der Waals surface area contributed by atoms with E-state index in [1.165, 1.54) is 0 Å². The van der Waals surface area contributed by atoms with Crippen molar-refractivity contribution in [1.82, 2.24) is 4.98 Å². The molecule has 82 valence electrons. The van der Waals surface area contributed by atoms with Crippen molar-refractivity contribution in [2.45, 2.75) is 12.3 Å². The molecule has 0 N–H and O–H groups in total. The zero-order valence-corrected chi connectivity index (χ0v) is 7.84. The molecule has 0 saturated heterocycles. The van der Waals surface area contributed by atoms with E-state index in [0.717, 1.165) is 0 Å². The normalized spacial score (nSPS) is 10.7. The summed E-state index contributed by atoms with van der Waals surface area (Å²) in [5, 5.41) is 10.2. The van der Waals surface area contributed by atoms with Crippen LogP contribution < -0.4 is 0 Å². The fourth-order valence-electron chi connectivity index (χ4n) is 0.978. The largest absolute Gasteiger partial charge is 0.400 e. The SMILES string of the molecule is O=[N+]([O-])c1ncc(C(F)F)c(CCl)c1F. The van der Waals surface area contributed by atoms with Crippen LogP contribution in [-0.2, 0) is 5.88 Å². The molecule has 8 heteroatoms. The molecule has 0 aliphatic carbocycles. The molecular weight excluding hydrogens is 237 g/mol. The molecule has 0 bridgehead atoms. The lowest BCUT2D eigenvalue weighted by molar-refractivity contribution is -0.392. The number of nitro groups is 1. The Labute approximate surface area is 86.8 Å². The van der Waals surface area contributed by atoms with Gasteiger partial charge in [-0.15, -0.1) is 11.6 Å². The number of halogens is 4. The van der Waals surface area contributed by atoms with Crippen LogP contribution in [0, 0.1) is 15.9 Å². The van der Waals surface area contributed by atoms with Gasteiger partial charge in [0.05, 0.1) is 11.4 Å². The summed E-state index contributed by atoms with van der Waals surface area (Å²) in [4.78, 5) is 12.1. The van der Waals surface area contributed by atoms with Gasteiger partial charge in [0.2, 0.25) is 5.82 Å². The third kappa shape index (κ3) is 2.17. The summed E-state index contributed by atoms with van der Waals surface area (Å²) in [6.45, 7) is 0. The lowest BCUT2D eigenvalue weighted by Crippen LogP contribution is -2.04. The molecule has 15 heavy (non-hydrogen) atoms. The van der Waals surface area contributed by atoms with Crippen molar-refractivity contribution in [3.63, 3.8) is 0 Å². The van der Waals surface area contributed by atoms with Gasteiger partial charge in [0.25, 0.3) is 6.43 Å². The minimum atomic E-state index is -2.97. The number of alkyl halides is 3. The minimum Gasteiger partial charge on any atom is -0.358 e. The topological polar surface area (TPSA) is 56.0 Å². The summed E-state index contributed by atoms with van der Waals surface area (Å²) >= 11 is 5.23. The maximum Gasteiger partial charge on any atom is 0.400 e.